The Bertz CT molecular complexity index is 1210. The van der Waals surface area contributed by atoms with Crippen molar-refractivity contribution in [3.63, 3.8) is 0 Å². The molecule has 32 heavy (non-hydrogen) atoms. The number of carbonyl (C=O) groups excluding carboxylic acids is 2. The number of urea groups is 1. The predicted octanol–water partition coefficient (Wildman–Crippen LogP) is 3.96. The SMILES string of the molecule is CC1(c2ccc(Cl)cc2)NC(=O)N(Cc2nnnn2-c2ccc(Cl)cc2C(F)(F)F)C1=O. The first-order valence-electron chi connectivity index (χ1n) is 9.05. The Balaban J connectivity index is 1.68. The van der Waals surface area contributed by atoms with Gasteiger partial charge in [-0.3, -0.25) is 9.69 Å². The van der Waals surface area contributed by atoms with Gasteiger partial charge in [0.2, 0.25) is 0 Å². The lowest BCUT2D eigenvalue weighted by Crippen LogP contribution is -2.40. The van der Waals surface area contributed by atoms with E-state index < -0.39 is 41.4 Å². The van der Waals surface area contributed by atoms with Crippen molar-refractivity contribution in [3.05, 3.63) is 69.5 Å². The first-order chi connectivity index (χ1) is 15.0. The van der Waals surface area contributed by atoms with Crippen LogP contribution in [-0.2, 0) is 23.1 Å². The molecule has 166 valence electrons. The maximum Gasteiger partial charge on any atom is 0.418 e. The number of carbonyl (C=O) groups is 2. The second-order valence-electron chi connectivity index (χ2n) is 7.12. The molecule has 0 bridgehead atoms. The van der Waals surface area contributed by atoms with E-state index >= 15 is 0 Å². The van der Waals surface area contributed by atoms with Crippen LogP contribution in [0.4, 0.5) is 18.0 Å². The minimum Gasteiger partial charge on any atom is -0.319 e. The molecule has 1 aliphatic rings. The standard InChI is InChI=1S/C19H13Cl2F3N6O2/c1-18(10-2-4-11(20)5-3-10)16(31)29(17(32)25-18)9-15-26-27-28-30(15)14-7-6-12(21)8-13(14)19(22,23)24/h2-8H,9H2,1H3,(H,25,32). The molecule has 0 aliphatic carbocycles. The molecule has 1 saturated heterocycles. The summed E-state index contributed by atoms with van der Waals surface area (Å²) in [5, 5.41) is 13.7. The molecule has 3 aromatic rings. The summed E-state index contributed by atoms with van der Waals surface area (Å²) in [6.45, 7) is 1.06. The Morgan fingerprint density at radius 3 is 2.38 bits per heavy atom. The first-order valence-corrected chi connectivity index (χ1v) is 9.81. The quantitative estimate of drug-likeness (QED) is 0.565. The summed E-state index contributed by atoms with van der Waals surface area (Å²) in [6.07, 6.45) is -4.74. The molecule has 0 saturated carbocycles. The molecule has 1 fully saturated rings. The average molecular weight is 485 g/mol. The molecule has 3 amide bonds. The van der Waals surface area contributed by atoms with E-state index in [2.05, 4.69) is 20.8 Å². The minimum atomic E-state index is -4.74. The molecule has 0 radical (unpaired) electrons. The van der Waals surface area contributed by atoms with Crippen molar-refractivity contribution < 1.29 is 22.8 Å². The summed E-state index contributed by atoms with van der Waals surface area (Å²) < 4.78 is 41.4. The zero-order valence-corrected chi connectivity index (χ0v) is 17.7. The van der Waals surface area contributed by atoms with Gasteiger partial charge in [0.15, 0.2) is 5.82 Å². The number of aromatic nitrogens is 4. The van der Waals surface area contributed by atoms with Gasteiger partial charge in [0, 0.05) is 10.0 Å². The zero-order valence-electron chi connectivity index (χ0n) is 16.2. The number of alkyl halides is 3. The fourth-order valence-corrected chi connectivity index (χ4v) is 3.67. The smallest absolute Gasteiger partial charge is 0.319 e. The minimum absolute atomic E-state index is 0.122. The third kappa shape index (κ3) is 3.78. The second kappa shape index (κ2) is 7.75. The number of amides is 3. The number of hydrogen-bond donors (Lipinski definition) is 1. The van der Waals surface area contributed by atoms with Gasteiger partial charge in [0.1, 0.15) is 5.54 Å². The van der Waals surface area contributed by atoms with Gasteiger partial charge in [-0.25, -0.2) is 4.79 Å². The number of hydrogen-bond acceptors (Lipinski definition) is 5. The maximum absolute atomic E-state index is 13.5. The molecule has 8 nitrogen and oxygen atoms in total. The van der Waals surface area contributed by atoms with Crippen LogP contribution in [0.3, 0.4) is 0 Å². The number of nitrogens with zero attached hydrogens (tertiary/aromatic N) is 5. The van der Waals surface area contributed by atoms with Gasteiger partial charge in [-0.2, -0.15) is 17.9 Å². The summed E-state index contributed by atoms with van der Waals surface area (Å²) >= 11 is 11.6. The summed E-state index contributed by atoms with van der Waals surface area (Å²) in [5.41, 5.74) is -2.37. The molecule has 2 heterocycles. The molecular formula is C19H13Cl2F3N6O2. The highest BCUT2D eigenvalue weighted by Crippen LogP contribution is 2.36. The predicted molar refractivity (Wildman–Crippen MR) is 107 cm³/mol. The molecule has 13 heteroatoms. The lowest BCUT2D eigenvalue weighted by atomic mass is 9.92. The van der Waals surface area contributed by atoms with Crippen LogP contribution in [0.5, 0.6) is 0 Å². The zero-order chi connectivity index (χ0) is 23.3. The highest BCUT2D eigenvalue weighted by atomic mass is 35.5. The number of rotatable bonds is 4. The van der Waals surface area contributed by atoms with Gasteiger partial charge in [0.25, 0.3) is 5.91 Å². The lowest BCUT2D eigenvalue weighted by Gasteiger charge is -2.22. The van der Waals surface area contributed by atoms with Gasteiger partial charge >= 0.3 is 12.2 Å². The molecule has 1 unspecified atom stereocenters. The van der Waals surface area contributed by atoms with Crippen LogP contribution in [-0.4, -0.2) is 37.0 Å². The van der Waals surface area contributed by atoms with Crippen LogP contribution < -0.4 is 5.32 Å². The summed E-state index contributed by atoms with van der Waals surface area (Å²) in [7, 11) is 0. The molecule has 2 aromatic carbocycles. The molecular weight excluding hydrogens is 472 g/mol. The normalized spacial score (nSPS) is 18.9. The molecule has 1 N–H and O–H groups in total. The molecule has 1 aliphatic heterocycles. The van der Waals surface area contributed by atoms with Crippen molar-refractivity contribution in [3.8, 4) is 5.69 Å². The summed E-state index contributed by atoms with van der Waals surface area (Å²) in [5.74, 6) is -0.770. The van der Waals surface area contributed by atoms with E-state index in [0.29, 0.717) is 10.6 Å². The molecule has 4 rings (SSSR count). The largest absolute Gasteiger partial charge is 0.418 e. The average Bonchev–Trinajstić information content (AvgIpc) is 3.26. The Labute approximate surface area is 188 Å². The van der Waals surface area contributed by atoms with E-state index in [-0.39, 0.29) is 10.8 Å². The summed E-state index contributed by atoms with van der Waals surface area (Å²) in [6, 6.07) is 8.70. The van der Waals surface area contributed by atoms with Crippen LogP contribution in [0, 0.1) is 0 Å². The Morgan fingerprint density at radius 1 is 1.06 bits per heavy atom. The Morgan fingerprint density at radius 2 is 1.72 bits per heavy atom. The van der Waals surface area contributed by atoms with Gasteiger partial charge in [-0.15, -0.1) is 5.10 Å². The van der Waals surface area contributed by atoms with Crippen LogP contribution >= 0.6 is 23.2 Å². The molecule has 1 aromatic heterocycles. The highest BCUT2D eigenvalue weighted by molar-refractivity contribution is 6.31. The number of halogens is 5. The van der Waals surface area contributed by atoms with E-state index in [1.165, 1.54) is 13.0 Å². The van der Waals surface area contributed by atoms with E-state index in [1.54, 1.807) is 24.3 Å². The number of benzene rings is 2. The van der Waals surface area contributed by atoms with Crippen molar-refractivity contribution in [1.29, 1.82) is 0 Å². The van der Waals surface area contributed by atoms with Gasteiger partial charge in [-0.05, 0) is 53.2 Å². The third-order valence-electron chi connectivity index (χ3n) is 5.02. The van der Waals surface area contributed by atoms with Gasteiger partial charge in [0.05, 0.1) is 17.8 Å². The highest BCUT2D eigenvalue weighted by Gasteiger charge is 2.49. The van der Waals surface area contributed by atoms with Crippen molar-refractivity contribution in [2.75, 3.05) is 0 Å². The fourth-order valence-electron chi connectivity index (χ4n) is 3.37. The van der Waals surface area contributed by atoms with Crippen molar-refractivity contribution in [1.82, 2.24) is 30.4 Å². The number of imide groups is 1. The Kier molecular flexibility index (Phi) is 5.33. The fraction of sp³-hybridized carbons (Fsp3) is 0.211. The first kappa shape index (κ1) is 22.0. The second-order valence-corrected chi connectivity index (χ2v) is 7.99. The van der Waals surface area contributed by atoms with E-state index in [4.69, 9.17) is 23.2 Å². The van der Waals surface area contributed by atoms with Gasteiger partial charge in [-0.1, -0.05) is 35.3 Å². The van der Waals surface area contributed by atoms with Crippen LogP contribution in [0.25, 0.3) is 5.69 Å². The number of nitrogens with one attached hydrogen (secondary N) is 1. The molecule has 1 atom stereocenters. The van der Waals surface area contributed by atoms with E-state index in [9.17, 15) is 22.8 Å². The van der Waals surface area contributed by atoms with E-state index in [1.807, 2.05) is 0 Å². The Hall–Kier alpha value is -3.18. The monoisotopic (exact) mass is 484 g/mol. The number of tetrazole rings is 1. The van der Waals surface area contributed by atoms with Crippen molar-refractivity contribution >= 4 is 35.1 Å². The third-order valence-corrected chi connectivity index (χ3v) is 5.51. The van der Waals surface area contributed by atoms with Crippen LogP contribution in [0.1, 0.15) is 23.9 Å². The lowest BCUT2D eigenvalue weighted by molar-refractivity contribution is -0.137. The van der Waals surface area contributed by atoms with Gasteiger partial charge < -0.3 is 5.32 Å². The van der Waals surface area contributed by atoms with E-state index in [0.717, 1.165) is 21.7 Å². The topological polar surface area (TPSA) is 93.0 Å². The molecule has 0 spiro atoms. The van der Waals surface area contributed by atoms with Crippen LogP contribution in [0.15, 0.2) is 42.5 Å². The maximum atomic E-state index is 13.5. The van der Waals surface area contributed by atoms with Crippen molar-refractivity contribution in [2.24, 2.45) is 0 Å². The van der Waals surface area contributed by atoms with Crippen molar-refractivity contribution in [2.45, 2.75) is 25.2 Å². The van der Waals surface area contributed by atoms with Crippen LogP contribution in [0.2, 0.25) is 10.0 Å². The summed E-state index contributed by atoms with van der Waals surface area (Å²) in [4.78, 5) is 26.5.